The second kappa shape index (κ2) is 7.19. The van der Waals surface area contributed by atoms with Gasteiger partial charge in [0.1, 0.15) is 6.04 Å². The maximum absolute atomic E-state index is 13.4. The number of benzene rings is 1. The van der Waals surface area contributed by atoms with E-state index >= 15 is 0 Å². The Morgan fingerprint density at radius 3 is 2.84 bits per heavy atom. The van der Waals surface area contributed by atoms with E-state index in [0.29, 0.717) is 6.61 Å². The van der Waals surface area contributed by atoms with E-state index < -0.39 is 23.6 Å². The highest BCUT2D eigenvalue weighted by molar-refractivity contribution is 6.00. The van der Waals surface area contributed by atoms with Crippen molar-refractivity contribution in [1.29, 1.82) is 0 Å². The number of halogens is 2. The van der Waals surface area contributed by atoms with E-state index in [1.807, 2.05) is 0 Å². The third-order valence-corrected chi connectivity index (χ3v) is 4.52. The monoisotopic (exact) mass is 348 g/mol. The number of rotatable bonds is 4. The van der Waals surface area contributed by atoms with E-state index in [9.17, 15) is 18.4 Å². The average molecular weight is 348 g/mol. The molecule has 3 atom stereocenters. The highest BCUT2D eigenvalue weighted by Crippen LogP contribution is 2.27. The predicted molar refractivity (Wildman–Crippen MR) is 86.6 cm³/mol. The Balaban J connectivity index is 1.66. The van der Waals surface area contributed by atoms with Gasteiger partial charge in [-0.1, -0.05) is 5.92 Å². The van der Waals surface area contributed by atoms with Crippen molar-refractivity contribution in [2.45, 2.75) is 31.4 Å². The van der Waals surface area contributed by atoms with Crippen molar-refractivity contribution in [3.8, 4) is 12.3 Å². The molecule has 2 amide bonds. The lowest BCUT2D eigenvalue weighted by molar-refractivity contribution is -0.127. The van der Waals surface area contributed by atoms with Crippen LogP contribution in [0.25, 0.3) is 0 Å². The van der Waals surface area contributed by atoms with Gasteiger partial charge in [-0.15, -0.1) is 6.42 Å². The molecule has 2 saturated heterocycles. The quantitative estimate of drug-likeness (QED) is 0.841. The van der Waals surface area contributed by atoms with Crippen LogP contribution in [0, 0.1) is 29.9 Å². The highest BCUT2D eigenvalue weighted by Gasteiger charge is 2.37. The number of nitrogens with zero attached hydrogens (tertiary/aromatic N) is 1. The Bertz CT molecular complexity index is 726. The van der Waals surface area contributed by atoms with E-state index in [1.54, 1.807) is 0 Å². The molecule has 5 nitrogen and oxygen atoms in total. The Kier molecular flexibility index (Phi) is 5.00. The maximum atomic E-state index is 13.4. The summed E-state index contributed by atoms with van der Waals surface area (Å²) in [6.07, 6.45) is 6.93. The fraction of sp³-hybridized carbons (Fsp3) is 0.444. The van der Waals surface area contributed by atoms with E-state index in [-0.39, 0.29) is 36.6 Å². The first kappa shape index (κ1) is 17.4. The zero-order valence-corrected chi connectivity index (χ0v) is 13.5. The molecule has 1 N–H and O–H groups in total. The Morgan fingerprint density at radius 2 is 2.20 bits per heavy atom. The second-order valence-corrected chi connectivity index (χ2v) is 6.21. The van der Waals surface area contributed by atoms with Crippen LogP contribution in [0.4, 0.5) is 14.5 Å². The molecule has 132 valence electrons. The van der Waals surface area contributed by atoms with E-state index in [2.05, 4.69) is 11.2 Å². The van der Waals surface area contributed by atoms with Crippen molar-refractivity contribution in [1.82, 2.24) is 5.32 Å². The summed E-state index contributed by atoms with van der Waals surface area (Å²) < 4.78 is 31.9. The first-order valence-corrected chi connectivity index (χ1v) is 8.13. The zero-order chi connectivity index (χ0) is 18.0. The minimum Gasteiger partial charge on any atom is -0.375 e. The maximum Gasteiger partial charge on any atom is 0.227 e. The van der Waals surface area contributed by atoms with Crippen molar-refractivity contribution in [2.24, 2.45) is 5.92 Å². The summed E-state index contributed by atoms with van der Waals surface area (Å²) in [5.74, 6) is -0.761. The second-order valence-electron chi connectivity index (χ2n) is 6.21. The summed E-state index contributed by atoms with van der Waals surface area (Å²) in [6, 6.07) is 2.68. The third-order valence-electron chi connectivity index (χ3n) is 4.52. The minimum atomic E-state index is -1.04. The number of terminal acetylenes is 1. The number of hydrogen-bond donors (Lipinski definition) is 1. The number of nitrogens with one attached hydrogen (secondary N) is 1. The number of amides is 2. The summed E-state index contributed by atoms with van der Waals surface area (Å²) in [5.41, 5.74) is 0.229. The van der Waals surface area contributed by atoms with Crippen LogP contribution in [0.5, 0.6) is 0 Å². The fourth-order valence-corrected chi connectivity index (χ4v) is 3.16. The van der Waals surface area contributed by atoms with Gasteiger partial charge in [-0.25, -0.2) is 8.78 Å². The number of carbonyl (C=O) groups excluding carboxylic acids is 2. The Labute approximate surface area is 144 Å². The molecule has 1 aromatic carbocycles. The van der Waals surface area contributed by atoms with Gasteiger partial charge in [0.05, 0.1) is 12.0 Å². The number of carbonyl (C=O) groups is 2. The van der Waals surface area contributed by atoms with E-state index in [4.69, 9.17) is 11.2 Å². The van der Waals surface area contributed by atoms with Gasteiger partial charge in [-0.05, 0) is 25.0 Å². The molecule has 3 rings (SSSR count). The van der Waals surface area contributed by atoms with Crippen molar-refractivity contribution >= 4 is 17.5 Å². The zero-order valence-electron chi connectivity index (χ0n) is 13.5. The predicted octanol–water partition coefficient (Wildman–Crippen LogP) is 1.61. The molecule has 0 radical (unpaired) electrons. The Morgan fingerprint density at radius 1 is 1.40 bits per heavy atom. The first-order valence-electron chi connectivity index (χ1n) is 8.13. The lowest BCUT2D eigenvalue weighted by Gasteiger charge is -2.21. The van der Waals surface area contributed by atoms with Gasteiger partial charge in [0.25, 0.3) is 0 Å². The molecule has 7 heteroatoms. The number of anilines is 1. The third kappa shape index (κ3) is 3.64. The van der Waals surface area contributed by atoms with Crippen LogP contribution in [-0.2, 0) is 14.3 Å². The standard InChI is InChI=1S/C18H18F2N2O3/c1-2-15(16-4-3-7-25-16)21-18(24)11-8-17(23)22(10-11)12-5-6-13(19)14(20)9-12/h1,5-6,9,11,15-16H,3-4,7-8,10H2,(H,21,24). The molecule has 0 bridgehead atoms. The van der Waals surface area contributed by atoms with Crippen LogP contribution in [0.15, 0.2) is 18.2 Å². The molecule has 0 spiro atoms. The fourth-order valence-electron chi connectivity index (χ4n) is 3.16. The molecule has 3 unspecified atom stereocenters. The Hall–Kier alpha value is -2.46. The molecule has 0 saturated carbocycles. The number of ether oxygens (including phenoxy) is 1. The largest absolute Gasteiger partial charge is 0.375 e. The smallest absolute Gasteiger partial charge is 0.227 e. The van der Waals surface area contributed by atoms with Crippen molar-refractivity contribution in [3.63, 3.8) is 0 Å². The molecule has 2 aliphatic rings. The van der Waals surface area contributed by atoms with Crippen molar-refractivity contribution in [3.05, 3.63) is 29.8 Å². The van der Waals surface area contributed by atoms with Crippen LogP contribution in [0.1, 0.15) is 19.3 Å². The van der Waals surface area contributed by atoms with Gasteiger partial charge >= 0.3 is 0 Å². The summed E-state index contributed by atoms with van der Waals surface area (Å²) in [6.45, 7) is 0.711. The van der Waals surface area contributed by atoms with Gasteiger partial charge in [0, 0.05) is 31.3 Å². The SMILES string of the molecule is C#CC(NC(=O)C1CC(=O)N(c2ccc(F)c(F)c2)C1)C1CCCO1. The molecule has 0 aliphatic carbocycles. The normalized spacial score (nSPS) is 24.2. The van der Waals surface area contributed by atoms with E-state index in [0.717, 1.165) is 25.0 Å². The van der Waals surface area contributed by atoms with E-state index in [1.165, 1.54) is 11.0 Å². The van der Waals surface area contributed by atoms with Gasteiger partial charge in [-0.3, -0.25) is 9.59 Å². The molecule has 2 heterocycles. The lowest BCUT2D eigenvalue weighted by Crippen LogP contribution is -2.45. The van der Waals surface area contributed by atoms with Gasteiger partial charge in [0.15, 0.2) is 11.6 Å². The summed E-state index contributed by atoms with van der Waals surface area (Å²) >= 11 is 0. The van der Waals surface area contributed by atoms with Gasteiger partial charge < -0.3 is 15.0 Å². The lowest BCUT2D eigenvalue weighted by atomic mass is 10.0. The summed E-state index contributed by atoms with van der Waals surface area (Å²) in [4.78, 5) is 25.9. The molecule has 1 aromatic rings. The van der Waals surface area contributed by atoms with Crippen LogP contribution < -0.4 is 10.2 Å². The molecule has 25 heavy (non-hydrogen) atoms. The molecular formula is C18H18F2N2O3. The van der Waals surface area contributed by atoms with Crippen molar-refractivity contribution in [2.75, 3.05) is 18.1 Å². The number of hydrogen-bond acceptors (Lipinski definition) is 3. The van der Waals surface area contributed by atoms with Crippen LogP contribution >= 0.6 is 0 Å². The van der Waals surface area contributed by atoms with Crippen LogP contribution in [-0.4, -0.2) is 37.1 Å². The van der Waals surface area contributed by atoms with Crippen LogP contribution in [0.3, 0.4) is 0 Å². The minimum absolute atomic E-state index is 0.00631. The molecule has 0 aromatic heterocycles. The summed E-state index contributed by atoms with van der Waals surface area (Å²) in [7, 11) is 0. The molecule has 2 aliphatic heterocycles. The van der Waals surface area contributed by atoms with Gasteiger partial charge in [0.2, 0.25) is 11.8 Å². The topological polar surface area (TPSA) is 58.6 Å². The van der Waals surface area contributed by atoms with Crippen LogP contribution in [0.2, 0.25) is 0 Å². The molecule has 2 fully saturated rings. The van der Waals surface area contributed by atoms with Crippen molar-refractivity contribution < 1.29 is 23.1 Å². The highest BCUT2D eigenvalue weighted by atomic mass is 19.2. The molecular weight excluding hydrogens is 330 g/mol. The summed E-state index contributed by atoms with van der Waals surface area (Å²) in [5, 5.41) is 2.75. The van der Waals surface area contributed by atoms with Gasteiger partial charge in [-0.2, -0.15) is 0 Å². The first-order chi connectivity index (χ1) is 12.0. The average Bonchev–Trinajstić information content (AvgIpc) is 3.25.